The standard InChI is InChI=1S/C16H25N3O2/c1-3-21-15-7-5-4-6-14(15)18-16(20)12-19-9-8-13(11-19)10-17-2/h4-7,13,17H,3,8-12H2,1-2H3,(H,18,20). The topological polar surface area (TPSA) is 53.6 Å². The van der Waals surface area contributed by atoms with E-state index in [9.17, 15) is 4.79 Å². The lowest BCUT2D eigenvalue weighted by Gasteiger charge is -2.16. The molecule has 2 rings (SSSR count). The highest BCUT2D eigenvalue weighted by atomic mass is 16.5. The van der Waals surface area contributed by atoms with Gasteiger partial charge in [0.05, 0.1) is 18.8 Å². The first-order chi connectivity index (χ1) is 10.2. The SMILES string of the molecule is CCOc1ccccc1NC(=O)CN1CCC(CNC)C1. The quantitative estimate of drug-likeness (QED) is 0.800. The van der Waals surface area contributed by atoms with Crippen molar-refractivity contribution in [1.82, 2.24) is 10.2 Å². The van der Waals surface area contributed by atoms with Gasteiger partial charge in [0.1, 0.15) is 5.75 Å². The molecule has 2 N–H and O–H groups in total. The highest BCUT2D eigenvalue weighted by Crippen LogP contribution is 2.23. The van der Waals surface area contributed by atoms with Gasteiger partial charge in [-0.3, -0.25) is 9.69 Å². The van der Waals surface area contributed by atoms with Gasteiger partial charge in [-0.1, -0.05) is 12.1 Å². The number of ether oxygens (including phenoxy) is 1. The normalized spacial score (nSPS) is 18.7. The first-order valence-corrected chi connectivity index (χ1v) is 7.61. The molecule has 0 bridgehead atoms. The molecule has 1 aliphatic heterocycles. The number of para-hydroxylation sites is 2. The molecule has 5 heteroatoms. The summed E-state index contributed by atoms with van der Waals surface area (Å²) in [5.41, 5.74) is 0.746. The summed E-state index contributed by atoms with van der Waals surface area (Å²) in [5.74, 6) is 1.40. The van der Waals surface area contributed by atoms with E-state index in [1.54, 1.807) is 0 Å². The van der Waals surface area contributed by atoms with Crippen molar-refractivity contribution in [2.75, 3.05) is 45.2 Å². The van der Waals surface area contributed by atoms with Gasteiger partial charge in [0.15, 0.2) is 0 Å². The number of carbonyl (C=O) groups is 1. The lowest BCUT2D eigenvalue weighted by atomic mass is 10.1. The van der Waals surface area contributed by atoms with Crippen LogP contribution in [0.2, 0.25) is 0 Å². The van der Waals surface area contributed by atoms with Crippen LogP contribution in [0.3, 0.4) is 0 Å². The Balaban J connectivity index is 1.85. The second-order valence-corrected chi connectivity index (χ2v) is 5.42. The number of benzene rings is 1. The van der Waals surface area contributed by atoms with Crippen molar-refractivity contribution in [1.29, 1.82) is 0 Å². The lowest BCUT2D eigenvalue weighted by Crippen LogP contribution is -2.32. The van der Waals surface area contributed by atoms with Crippen LogP contribution in [0, 0.1) is 5.92 Å². The molecule has 5 nitrogen and oxygen atoms in total. The minimum atomic E-state index is 0.0206. The Morgan fingerprint density at radius 2 is 2.24 bits per heavy atom. The maximum absolute atomic E-state index is 12.2. The summed E-state index contributed by atoms with van der Waals surface area (Å²) in [6, 6.07) is 7.55. The van der Waals surface area contributed by atoms with E-state index < -0.39 is 0 Å². The summed E-state index contributed by atoms with van der Waals surface area (Å²) in [4.78, 5) is 14.4. The Labute approximate surface area is 126 Å². The molecule has 1 amide bonds. The molecular formula is C16H25N3O2. The van der Waals surface area contributed by atoms with Crippen LogP contribution in [0.5, 0.6) is 5.75 Å². The summed E-state index contributed by atoms with van der Waals surface area (Å²) in [6.45, 7) is 5.97. The third kappa shape index (κ3) is 4.72. The Kier molecular flexibility index (Phi) is 6.02. The third-order valence-electron chi connectivity index (χ3n) is 3.69. The van der Waals surface area contributed by atoms with Gasteiger partial charge in [-0.25, -0.2) is 0 Å². The van der Waals surface area contributed by atoms with Crippen LogP contribution in [0.1, 0.15) is 13.3 Å². The maximum Gasteiger partial charge on any atom is 0.238 e. The average Bonchev–Trinajstić information content (AvgIpc) is 2.89. The monoisotopic (exact) mass is 291 g/mol. The van der Waals surface area contributed by atoms with E-state index in [1.165, 1.54) is 0 Å². The molecular weight excluding hydrogens is 266 g/mol. The summed E-state index contributed by atoms with van der Waals surface area (Å²) in [7, 11) is 1.97. The van der Waals surface area contributed by atoms with Crippen molar-refractivity contribution in [2.24, 2.45) is 5.92 Å². The molecule has 0 saturated carbocycles. The van der Waals surface area contributed by atoms with Gasteiger partial charge in [0.2, 0.25) is 5.91 Å². The zero-order chi connectivity index (χ0) is 15.1. The molecule has 1 saturated heterocycles. The second kappa shape index (κ2) is 8.00. The Hall–Kier alpha value is -1.59. The first-order valence-electron chi connectivity index (χ1n) is 7.61. The van der Waals surface area contributed by atoms with Crippen LogP contribution >= 0.6 is 0 Å². The summed E-state index contributed by atoms with van der Waals surface area (Å²) in [6.07, 6.45) is 1.16. The van der Waals surface area contributed by atoms with Crippen molar-refractivity contribution in [2.45, 2.75) is 13.3 Å². The minimum Gasteiger partial charge on any atom is -0.492 e. The number of likely N-dealkylation sites (tertiary alicyclic amines) is 1. The van der Waals surface area contributed by atoms with Crippen molar-refractivity contribution >= 4 is 11.6 Å². The molecule has 0 spiro atoms. The summed E-state index contributed by atoms with van der Waals surface area (Å²) < 4.78 is 5.52. The van der Waals surface area contributed by atoms with E-state index >= 15 is 0 Å². The molecule has 1 fully saturated rings. The van der Waals surface area contributed by atoms with E-state index in [-0.39, 0.29) is 5.91 Å². The van der Waals surface area contributed by atoms with E-state index in [4.69, 9.17) is 4.74 Å². The van der Waals surface area contributed by atoms with Crippen LogP contribution in [0.25, 0.3) is 0 Å². The fraction of sp³-hybridized carbons (Fsp3) is 0.562. The molecule has 1 atom stereocenters. The highest BCUT2D eigenvalue weighted by Gasteiger charge is 2.23. The van der Waals surface area contributed by atoms with E-state index in [1.807, 2.05) is 38.2 Å². The number of carbonyl (C=O) groups excluding carboxylic acids is 1. The van der Waals surface area contributed by atoms with Gasteiger partial charge in [0, 0.05) is 6.54 Å². The van der Waals surface area contributed by atoms with Crippen molar-refractivity contribution in [3.05, 3.63) is 24.3 Å². The molecule has 116 valence electrons. The van der Waals surface area contributed by atoms with Gasteiger partial charge in [0.25, 0.3) is 0 Å². The molecule has 0 aromatic heterocycles. The molecule has 21 heavy (non-hydrogen) atoms. The first kappa shape index (κ1) is 15.8. The van der Waals surface area contributed by atoms with Crippen LogP contribution in [-0.2, 0) is 4.79 Å². The number of hydrogen-bond donors (Lipinski definition) is 2. The van der Waals surface area contributed by atoms with Crippen LogP contribution < -0.4 is 15.4 Å². The van der Waals surface area contributed by atoms with Crippen molar-refractivity contribution in [3.63, 3.8) is 0 Å². The fourth-order valence-electron chi connectivity index (χ4n) is 2.76. The van der Waals surface area contributed by atoms with Gasteiger partial charge < -0.3 is 15.4 Å². The number of amides is 1. The predicted octanol–water partition coefficient (Wildman–Crippen LogP) is 1.57. The summed E-state index contributed by atoms with van der Waals surface area (Å²) >= 11 is 0. The molecule has 1 unspecified atom stereocenters. The van der Waals surface area contributed by atoms with Gasteiger partial charge in [-0.15, -0.1) is 0 Å². The van der Waals surface area contributed by atoms with Crippen LogP contribution in [0.4, 0.5) is 5.69 Å². The molecule has 1 aliphatic rings. The fourth-order valence-corrected chi connectivity index (χ4v) is 2.76. The highest BCUT2D eigenvalue weighted by molar-refractivity contribution is 5.93. The number of nitrogens with zero attached hydrogens (tertiary/aromatic N) is 1. The van der Waals surface area contributed by atoms with Gasteiger partial charge in [-0.05, 0) is 51.5 Å². The van der Waals surface area contributed by atoms with Gasteiger partial charge >= 0.3 is 0 Å². The number of anilines is 1. The zero-order valence-electron chi connectivity index (χ0n) is 12.9. The van der Waals surface area contributed by atoms with Crippen LogP contribution in [0.15, 0.2) is 24.3 Å². The third-order valence-corrected chi connectivity index (χ3v) is 3.69. The van der Waals surface area contributed by atoms with Crippen LogP contribution in [-0.4, -0.2) is 50.6 Å². The Morgan fingerprint density at radius 3 is 3.00 bits per heavy atom. The number of hydrogen-bond acceptors (Lipinski definition) is 4. The molecule has 1 aromatic rings. The molecule has 1 aromatic carbocycles. The van der Waals surface area contributed by atoms with Crippen molar-refractivity contribution < 1.29 is 9.53 Å². The summed E-state index contributed by atoms with van der Waals surface area (Å²) in [5, 5.41) is 6.15. The zero-order valence-corrected chi connectivity index (χ0v) is 12.9. The molecule has 0 radical (unpaired) electrons. The average molecular weight is 291 g/mol. The largest absolute Gasteiger partial charge is 0.492 e. The Morgan fingerprint density at radius 1 is 1.43 bits per heavy atom. The lowest BCUT2D eigenvalue weighted by molar-refractivity contribution is -0.117. The second-order valence-electron chi connectivity index (χ2n) is 5.42. The molecule has 1 heterocycles. The Bertz CT molecular complexity index is 465. The molecule has 0 aliphatic carbocycles. The van der Waals surface area contributed by atoms with E-state index in [0.29, 0.717) is 19.1 Å². The van der Waals surface area contributed by atoms with E-state index in [2.05, 4.69) is 15.5 Å². The van der Waals surface area contributed by atoms with Crippen molar-refractivity contribution in [3.8, 4) is 5.75 Å². The smallest absolute Gasteiger partial charge is 0.238 e. The van der Waals surface area contributed by atoms with Gasteiger partial charge in [-0.2, -0.15) is 0 Å². The van der Waals surface area contributed by atoms with E-state index in [0.717, 1.165) is 37.5 Å². The number of rotatable bonds is 7. The minimum absolute atomic E-state index is 0.0206. The maximum atomic E-state index is 12.2. The number of nitrogens with one attached hydrogen (secondary N) is 2. The predicted molar refractivity (Wildman–Crippen MR) is 84.7 cm³/mol.